The van der Waals surface area contributed by atoms with Crippen molar-refractivity contribution in [3.63, 3.8) is 0 Å². The molecule has 7 heteroatoms. The number of nitrogens with two attached hydrogens (primary N) is 1. The predicted octanol–water partition coefficient (Wildman–Crippen LogP) is 5.18. The number of benzene rings is 1. The lowest BCUT2D eigenvalue weighted by Crippen LogP contribution is -2.01. The van der Waals surface area contributed by atoms with E-state index in [0.717, 1.165) is 31.5 Å². The molecule has 0 amide bonds. The fourth-order valence-corrected chi connectivity index (χ4v) is 5.24. The van der Waals surface area contributed by atoms with Gasteiger partial charge in [0.15, 0.2) is 0 Å². The van der Waals surface area contributed by atoms with Crippen LogP contribution in [-0.4, -0.2) is 23.0 Å². The van der Waals surface area contributed by atoms with Crippen molar-refractivity contribution >= 4 is 33.2 Å². The van der Waals surface area contributed by atoms with E-state index in [1.165, 1.54) is 36.6 Å². The number of methoxy groups -OCH3 is 1. The highest BCUT2D eigenvalue weighted by Gasteiger charge is 2.26. The lowest BCUT2D eigenvalue weighted by Gasteiger charge is -2.11. The van der Waals surface area contributed by atoms with Crippen LogP contribution in [0.1, 0.15) is 41.1 Å². The Balaban J connectivity index is 1.85. The van der Waals surface area contributed by atoms with Gasteiger partial charge in [0.2, 0.25) is 5.90 Å². The Kier molecular flexibility index (Phi) is 4.92. The van der Waals surface area contributed by atoms with Crippen molar-refractivity contribution in [2.45, 2.75) is 32.2 Å². The molecular weight excluding hydrogens is 424 g/mol. The minimum Gasteiger partial charge on any atom is -0.480 e. The van der Waals surface area contributed by atoms with Crippen LogP contribution >= 0.6 is 27.3 Å². The van der Waals surface area contributed by atoms with Gasteiger partial charge in [-0.3, -0.25) is 5.41 Å². The van der Waals surface area contributed by atoms with Gasteiger partial charge in [-0.05, 0) is 63.9 Å². The molecule has 5 nitrogen and oxygen atoms in total. The fourth-order valence-electron chi connectivity index (χ4n) is 3.37. The molecule has 0 atom stereocenters. The van der Waals surface area contributed by atoms with Crippen molar-refractivity contribution in [2.75, 3.05) is 7.11 Å². The first-order chi connectivity index (χ1) is 13.0. The molecule has 0 radical (unpaired) electrons. The Morgan fingerprint density at radius 1 is 1.44 bits per heavy atom. The number of nitrogens with one attached hydrogen (secondary N) is 2. The van der Waals surface area contributed by atoms with Gasteiger partial charge in [-0.1, -0.05) is 18.2 Å². The molecule has 1 saturated carbocycles. The molecule has 140 valence electrons. The highest BCUT2D eigenvalue weighted by atomic mass is 79.9. The molecule has 4 rings (SSSR count). The van der Waals surface area contributed by atoms with Crippen molar-refractivity contribution in [3.8, 4) is 21.8 Å². The van der Waals surface area contributed by atoms with E-state index in [1.54, 1.807) is 17.5 Å². The monoisotopic (exact) mass is 444 g/mol. The highest BCUT2D eigenvalue weighted by molar-refractivity contribution is 9.11. The largest absolute Gasteiger partial charge is 0.480 e. The van der Waals surface area contributed by atoms with Crippen LogP contribution in [0.15, 0.2) is 28.2 Å². The molecule has 0 unspecified atom stereocenters. The number of halogens is 1. The molecule has 0 spiro atoms. The summed E-state index contributed by atoms with van der Waals surface area (Å²) in [5.74, 6) is 1.51. The number of imidazole rings is 1. The van der Waals surface area contributed by atoms with Gasteiger partial charge < -0.3 is 15.5 Å². The number of nitrogens with zero attached hydrogens (tertiary/aromatic N) is 1. The number of aromatic nitrogens is 2. The number of H-pyrrole nitrogens is 1. The van der Waals surface area contributed by atoms with E-state index in [-0.39, 0.29) is 5.90 Å². The van der Waals surface area contributed by atoms with Gasteiger partial charge >= 0.3 is 0 Å². The fraction of sp³-hybridized carbons (Fsp3) is 0.300. The molecule has 27 heavy (non-hydrogen) atoms. The van der Waals surface area contributed by atoms with Crippen molar-refractivity contribution < 1.29 is 4.74 Å². The Morgan fingerprint density at radius 2 is 2.22 bits per heavy atom. The third-order valence-electron chi connectivity index (χ3n) is 4.97. The van der Waals surface area contributed by atoms with Gasteiger partial charge in [-0.15, -0.1) is 11.3 Å². The quantitative estimate of drug-likeness (QED) is 0.373. The van der Waals surface area contributed by atoms with Gasteiger partial charge in [-0.25, -0.2) is 4.98 Å². The number of aryl methyl sites for hydroxylation is 1. The molecule has 4 N–H and O–H groups in total. The Hall–Kier alpha value is -1.96. The Morgan fingerprint density at radius 3 is 2.85 bits per heavy atom. The van der Waals surface area contributed by atoms with E-state index in [9.17, 15) is 0 Å². The van der Waals surface area contributed by atoms with Crippen LogP contribution in [0.5, 0.6) is 0 Å². The average molecular weight is 445 g/mol. The second-order valence-electron chi connectivity index (χ2n) is 6.79. The molecule has 0 bridgehead atoms. The van der Waals surface area contributed by atoms with Crippen LogP contribution in [0.3, 0.4) is 0 Å². The molecule has 0 aliphatic heterocycles. The molecule has 0 saturated heterocycles. The molecule has 2 heterocycles. The van der Waals surface area contributed by atoms with Gasteiger partial charge in [-0.2, -0.15) is 0 Å². The molecule has 1 aliphatic carbocycles. The van der Waals surface area contributed by atoms with Crippen LogP contribution in [-0.2, 0) is 11.3 Å². The topological polar surface area (TPSA) is 87.8 Å². The lowest BCUT2D eigenvalue weighted by molar-refractivity contribution is 0.400. The zero-order valence-corrected chi connectivity index (χ0v) is 17.6. The minimum atomic E-state index is 0.0648. The number of hydrogen-bond acceptors (Lipinski definition) is 5. The molecular formula is C20H21BrN4OS. The van der Waals surface area contributed by atoms with Crippen molar-refractivity contribution in [1.29, 1.82) is 5.41 Å². The number of hydrogen-bond donors (Lipinski definition) is 3. The highest BCUT2D eigenvalue weighted by Crippen LogP contribution is 2.47. The summed E-state index contributed by atoms with van der Waals surface area (Å²) in [5.41, 5.74) is 12.7. The van der Waals surface area contributed by atoms with Crippen molar-refractivity contribution in [2.24, 2.45) is 5.73 Å². The van der Waals surface area contributed by atoms with Gasteiger partial charge in [0.1, 0.15) is 11.5 Å². The number of ether oxygens (including phenoxy) is 1. The minimum absolute atomic E-state index is 0.0648. The molecule has 1 aliphatic rings. The van der Waals surface area contributed by atoms with Crippen LogP contribution in [0.25, 0.3) is 21.8 Å². The summed E-state index contributed by atoms with van der Waals surface area (Å²) in [6.07, 6.45) is 4.22. The number of thiophene rings is 1. The first kappa shape index (κ1) is 18.4. The normalized spacial score (nSPS) is 13.8. The maximum atomic E-state index is 7.84. The van der Waals surface area contributed by atoms with E-state index in [4.69, 9.17) is 15.9 Å². The first-order valence-electron chi connectivity index (χ1n) is 8.84. The predicted molar refractivity (Wildman–Crippen MR) is 113 cm³/mol. The lowest BCUT2D eigenvalue weighted by atomic mass is 9.94. The summed E-state index contributed by atoms with van der Waals surface area (Å²) in [6, 6.07) is 6.75. The summed E-state index contributed by atoms with van der Waals surface area (Å²) in [7, 11) is 1.48. The maximum absolute atomic E-state index is 7.84. The SMILES string of the molecule is COC(=N)c1cnc(-c2sc(Br)c(CN)c2-c2ccc(C3CC3)cc2C)[nH]1. The second-order valence-corrected chi connectivity index (χ2v) is 9.13. The molecule has 2 aromatic heterocycles. The van der Waals surface area contributed by atoms with Crippen molar-refractivity contribution in [1.82, 2.24) is 9.97 Å². The van der Waals surface area contributed by atoms with E-state index in [0.29, 0.717) is 12.2 Å². The number of aromatic amines is 1. The summed E-state index contributed by atoms with van der Waals surface area (Å²) in [5, 5.41) is 7.84. The summed E-state index contributed by atoms with van der Waals surface area (Å²) < 4.78 is 6.01. The van der Waals surface area contributed by atoms with E-state index in [2.05, 4.69) is 51.0 Å². The Bertz CT molecular complexity index is 1020. The second kappa shape index (κ2) is 7.22. The van der Waals surface area contributed by atoms with Crippen LogP contribution in [0, 0.1) is 12.3 Å². The molecule has 3 aromatic rings. The van der Waals surface area contributed by atoms with Crippen LogP contribution in [0.4, 0.5) is 0 Å². The molecule has 1 aromatic carbocycles. The average Bonchev–Trinajstić information content (AvgIpc) is 3.31. The van der Waals surface area contributed by atoms with Crippen molar-refractivity contribution in [3.05, 3.63) is 50.6 Å². The Labute approximate surface area is 170 Å². The summed E-state index contributed by atoms with van der Waals surface area (Å²) >= 11 is 5.28. The smallest absolute Gasteiger partial charge is 0.231 e. The van der Waals surface area contributed by atoms with Crippen LogP contribution in [0.2, 0.25) is 0 Å². The van der Waals surface area contributed by atoms with Gasteiger partial charge in [0.25, 0.3) is 0 Å². The summed E-state index contributed by atoms with van der Waals surface area (Å²) in [4.78, 5) is 8.70. The number of rotatable bonds is 5. The molecule has 1 fully saturated rings. The van der Waals surface area contributed by atoms with Gasteiger partial charge in [0, 0.05) is 12.1 Å². The van der Waals surface area contributed by atoms with Gasteiger partial charge in [0.05, 0.1) is 22.0 Å². The van der Waals surface area contributed by atoms with E-state index >= 15 is 0 Å². The summed E-state index contributed by atoms with van der Waals surface area (Å²) in [6.45, 7) is 2.60. The zero-order valence-electron chi connectivity index (χ0n) is 15.2. The van der Waals surface area contributed by atoms with Crippen LogP contribution < -0.4 is 5.73 Å². The van der Waals surface area contributed by atoms with E-state index in [1.807, 2.05) is 0 Å². The third-order valence-corrected chi connectivity index (χ3v) is 6.96. The standard InChI is InChI=1S/C20H21BrN4OS/c1-10-7-12(11-3-4-11)5-6-13(10)16-14(8-22)18(21)27-17(16)20-24-9-15(25-20)19(23)26-2/h5-7,9,11,23H,3-4,8,22H2,1-2H3,(H,24,25). The maximum Gasteiger partial charge on any atom is 0.231 e. The third kappa shape index (κ3) is 3.35. The zero-order chi connectivity index (χ0) is 19.1. The first-order valence-corrected chi connectivity index (χ1v) is 10.4. The van der Waals surface area contributed by atoms with E-state index < -0.39 is 0 Å².